The zero-order chi connectivity index (χ0) is 23.5. The summed E-state index contributed by atoms with van der Waals surface area (Å²) in [7, 11) is -3.65. The molecule has 1 aliphatic rings. The van der Waals surface area contributed by atoms with Crippen molar-refractivity contribution in [2.75, 3.05) is 6.26 Å². The van der Waals surface area contributed by atoms with Gasteiger partial charge in [-0.2, -0.15) is 4.72 Å². The van der Waals surface area contributed by atoms with Gasteiger partial charge in [-0.3, -0.25) is 9.78 Å². The van der Waals surface area contributed by atoms with Crippen molar-refractivity contribution in [3.8, 4) is 0 Å². The highest BCUT2D eigenvalue weighted by Crippen LogP contribution is 2.34. The van der Waals surface area contributed by atoms with Crippen LogP contribution < -0.4 is 10.0 Å². The molecule has 0 saturated heterocycles. The quantitative estimate of drug-likeness (QED) is 0.467. The topological polar surface area (TPSA) is 104 Å². The normalized spacial score (nSPS) is 18.0. The number of para-hydroxylation sites is 1. The molecule has 1 fully saturated rings. The number of aromatic nitrogens is 2. The number of benzene rings is 1. The average molecular weight is 469 g/mol. The molecule has 1 aliphatic carbocycles. The van der Waals surface area contributed by atoms with Crippen LogP contribution in [-0.2, 0) is 21.2 Å². The third-order valence-corrected chi connectivity index (χ3v) is 7.37. The van der Waals surface area contributed by atoms with Gasteiger partial charge in [-0.25, -0.2) is 8.42 Å². The van der Waals surface area contributed by atoms with Crippen LogP contribution in [0.15, 0.2) is 54.9 Å². The van der Waals surface area contributed by atoms with Gasteiger partial charge in [0, 0.05) is 29.7 Å². The summed E-state index contributed by atoms with van der Waals surface area (Å²) < 4.78 is 27.2. The zero-order valence-corrected chi connectivity index (χ0v) is 20.0. The van der Waals surface area contributed by atoms with Gasteiger partial charge in [0.15, 0.2) is 0 Å². The molecule has 2 atom stereocenters. The van der Waals surface area contributed by atoms with E-state index in [1.165, 1.54) is 6.42 Å². The van der Waals surface area contributed by atoms with Gasteiger partial charge in [-0.1, -0.05) is 43.5 Å². The summed E-state index contributed by atoms with van der Waals surface area (Å²) in [5.41, 5.74) is 1.28. The lowest BCUT2D eigenvalue weighted by Crippen LogP contribution is -2.58. The van der Waals surface area contributed by atoms with Crippen LogP contribution in [0.2, 0.25) is 0 Å². The number of aromatic amines is 1. The maximum Gasteiger partial charge on any atom is 0.241 e. The predicted molar refractivity (Wildman–Crippen MR) is 130 cm³/mol. The number of hydrogen-bond acceptors (Lipinski definition) is 4. The van der Waals surface area contributed by atoms with Crippen LogP contribution in [0.3, 0.4) is 0 Å². The van der Waals surface area contributed by atoms with Gasteiger partial charge in [-0.05, 0) is 49.4 Å². The Labute approximate surface area is 195 Å². The molecule has 1 aromatic carbocycles. The van der Waals surface area contributed by atoms with Crippen LogP contribution in [0.5, 0.6) is 0 Å². The van der Waals surface area contributed by atoms with Crippen molar-refractivity contribution in [3.05, 3.63) is 66.1 Å². The Balaban J connectivity index is 1.66. The number of nitrogens with one attached hydrogen (secondary N) is 3. The van der Waals surface area contributed by atoms with Crippen molar-refractivity contribution in [1.29, 1.82) is 0 Å². The summed E-state index contributed by atoms with van der Waals surface area (Å²) in [6.07, 6.45) is 10.4. The number of carbonyl (C=O) groups excluding carboxylic acids is 1. The molecule has 0 radical (unpaired) electrons. The molecular weight excluding hydrogens is 436 g/mol. The van der Waals surface area contributed by atoms with E-state index in [-0.39, 0.29) is 24.3 Å². The Bertz CT molecular complexity index is 1200. The molecule has 2 heterocycles. The van der Waals surface area contributed by atoms with Gasteiger partial charge in [-0.15, -0.1) is 0 Å². The summed E-state index contributed by atoms with van der Waals surface area (Å²) in [6.45, 7) is 1.65. The van der Waals surface area contributed by atoms with Gasteiger partial charge in [0.1, 0.15) is 5.54 Å². The van der Waals surface area contributed by atoms with Crippen molar-refractivity contribution < 1.29 is 13.2 Å². The summed E-state index contributed by atoms with van der Waals surface area (Å²) in [5, 5.41) is 4.16. The molecule has 2 unspecified atom stereocenters. The van der Waals surface area contributed by atoms with Crippen LogP contribution in [0.25, 0.3) is 10.9 Å². The maximum absolute atomic E-state index is 13.8. The first kappa shape index (κ1) is 23.4. The van der Waals surface area contributed by atoms with E-state index >= 15 is 0 Å². The summed E-state index contributed by atoms with van der Waals surface area (Å²) in [5.74, 6) is -0.0763. The molecule has 4 rings (SSSR count). The van der Waals surface area contributed by atoms with E-state index < -0.39 is 15.6 Å². The number of amides is 1. The Hall–Kier alpha value is -2.71. The lowest BCUT2D eigenvalue weighted by atomic mass is 9.82. The highest BCUT2D eigenvalue weighted by Gasteiger charge is 2.39. The van der Waals surface area contributed by atoms with E-state index in [0.29, 0.717) is 0 Å². The number of rotatable bonds is 8. The lowest BCUT2D eigenvalue weighted by Gasteiger charge is -2.35. The largest absolute Gasteiger partial charge is 0.361 e. The van der Waals surface area contributed by atoms with Gasteiger partial charge in [0.2, 0.25) is 15.9 Å². The zero-order valence-electron chi connectivity index (χ0n) is 19.2. The highest BCUT2D eigenvalue weighted by molar-refractivity contribution is 7.88. The van der Waals surface area contributed by atoms with E-state index in [2.05, 4.69) is 20.0 Å². The molecule has 3 aromatic rings. The number of fused-ring (bicyclic) bond motifs is 1. The number of pyridine rings is 1. The molecule has 176 valence electrons. The van der Waals surface area contributed by atoms with Crippen molar-refractivity contribution in [3.63, 3.8) is 0 Å². The monoisotopic (exact) mass is 468 g/mol. The maximum atomic E-state index is 13.8. The standard InChI is InChI=1S/C25H32N4O3S/c1-25(29-33(2,31)32,16-19-17-27-21-13-7-6-12-20(19)21)24(30)28-23(18-10-4-3-5-11-18)22-14-8-9-15-26-22/h6-9,12-15,17-18,23,27,29H,3-5,10-11,16H2,1-2H3,(H,28,30). The summed E-state index contributed by atoms with van der Waals surface area (Å²) >= 11 is 0. The van der Waals surface area contributed by atoms with E-state index in [1.54, 1.807) is 13.1 Å². The second kappa shape index (κ2) is 9.65. The first-order valence-electron chi connectivity index (χ1n) is 11.5. The summed E-state index contributed by atoms with van der Waals surface area (Å²) in [6, 6.07) is 13.2. The molecule has 33 heavy (non-hydrogen) atoms. The summed E-state index contributed by atoms with van der Waals surface area (Å²) in [4.78, 5) is 21.5. The van der Waals surface area contributed by atoms with E-state index in [9.17, 15) is 13.2 Å². The van der Waals surface area contributed by atoms with Crippen LogP contribution in [0, 0.1) is 5.92 Å². The molecule has 7 nitrogen and oxygen atoms in total. The molecule has 0 aliphatic heterocycles. The van der Waals surface area contributed by atoms with Crippen LogP contribution in [0.4, 0.5) is 0 Å². The Morgan fingerprint density at radius 3 is 2.58 bits per heavy atom. The second-order valence-corrected chi connectivity index (χ2v) is 11.1. The molecule has 0 spiro atoms. The number of nitrogens with zero attached hydrogens (tertiary/aromatic N) is 1. The minimum absolute atomic E-state index is 0.218. The number of H-pyrrole nitrogens is 1. The van der Waals surface area contributed by atoms with E-state index in [4.69, 9.17) is 0 Å². The second-order valence-electron chi connectivity index (χ2n) is 9.35. The smallest absolute Gasteiger partial charge is 0.241 e. The van der Waals surface area contributed by atoms with Crippen LogP contribution in [0.1, 0.15) is 56.3 Å². The molecule has 0 bridgehead atoms. The molecular formula is C25H32N4O3S. The fourth-order valence-electron chi connectivity index (χ4n) is 4.99. The van der Waals surface area contributed by atoms with E-state index in [1.807, 2.05) is 48.7 Å². The average Bonchev–Trinajstić information content (AvgIpc) is 3.19. The first-order chi connectivity index (χ1) is 15.8. The predicted octanol–water partition coefficient (Wildman–Crippen LogP) is 3.85. The van der Waals surface area contributed by atoms with Crippen LogP contribution >= 0.6 is 0 Å². The SMILES string of the molecule is CC(Cc1c[nH]c2ccccc12)(NS(C)(=O)=O)C(=O)NC(c1ccccn1)C1CCCCC1. The molecule has 2 aromatic heterocycles. The van der Waals surface area contributed by atoms with Gasteiger partial charge in [0.25, 0.3) is 0 Å². The van der Waals surface area contributed by atoms with Crippen LogP contribution in [-0.4, -0.2) is 36.1 Å². The minimum Gasteiger partial charge on any atom is -0.361 e. The first-order valence-corrected chi connectivity index (χ1v) is 13.4. The Morgan fingerprint density at radius 2 is 1.88 bits per heavy atom. The van der Waals surface area contributed by atoms with Gasteiger partial charge in [0.05, 0.1) is 18.0 Å². The van der Waals surface area contributed by atoms with Crippen molar-refractivity contribution in [2.24, 2.45) is 5.92 Å². The molecule has 8 heteroatoms. The van der Waals surface area contributed by atoms with Gasteiger partial charge < -0.3 is 10.3 Å². The third-order valence-electron chi connectivity index (χ3n) is 6.54. The highest BCUT2D eigenvalue weighted by atomic mass is 32.2. The third kappa shape index (κ3) is 5.62. The number of sulfonamides is 1. The number of carbonyl (C=O) groups is 1. The minimum atomic E-state index is -3.65. The Morgan fingerprint density at radius 1 is 1.15 bits per heavy atom. The van der Waals surface area contributed by atoms with Crippen molar-refractivity contribution >= 4 is 26.8 Å². The molecule has 3 N–H and O–H groups in total. The fourth-order valence-corrected chi connectivity index (χ4v) is 5.98. The van der Waals surface area contributed by atoms with E-state index in [0.717, 1.165) is 54.1 Å². The number of hydrogen-bond donors (Lipinski definition) is 3. The van der Waals surface area contributed by atoms with Gasteiger partial charge >= 0.3 is 0 Å². The van der Waals surface area contributed by atoms with Crippen molar-refractivity contribution in [2.45, 2.75) is 57.0 Å². The molecule has 1 saturated carbocycles. The molecule has 1 amide bonds. The fraction of sp³-hybridized carbons (Fsp3) is 0.440. The lowest BCUT2D eigenvalue weighted by molar-refractivity contribution is -0.127. The van der Waals surface area contributed by atoms with Crippen molar-refractivity contribution in [1.82, 2.24) is 20.0 Å². The Kier molecular flexibility index (Phi) is 6.86.